The minimum Gasteiger partial charge on any atom is -0.481 e. The molecule has 1 aliphatic heterocycles. The average molecular weight is 342 g/mol. The lowest BCUT2D eigenvalue weighted by molar-refractivity contribution is -0.00545. The van der Waals surface area contributed by atoms with E-state index in [2.05, 4.69) is 34.0 Å². The molecule has 7 nitrogen and oxygen atoms in total. The molecule has 2 aromatic rings. The number of carbonyl (C=O) groups excluding carboxylic acids is 1. The van der Waals surface area contributed by atoms with Crippen LogP contribution in [0.1, 0.15) is 24.2 Å². The average Bonchev–Trinajstić information content (AvgIpc) is 2.61. The van der Waals surface area contributed by atoms with Crippen molar-refractivity contribution in [2.24, 2.45) is 0 Å². The SMILES string of the molecule is COc1ccc(C(=O)Nc2ccc(N3CC(C)OC(C)C3)nc2)cn1. The Morgan fingerprint density at radius 1 is 1.16 bits per heavy atom. The predicted molar refractivity (Wildman–Crippen MR) is 95.2 cm³/mol. The van der Waals surface area contributed by atoms with Crippen LogP contribution in [0.25, 0.3) is 0 Å². The van der Waals surface area contributed by atoms with Crippen molar-refractivity contribution < 1.29 is 14.3 Å². The van der Waals surface area contributed by atoms with Crippen molar-refractivity contribution in [3.8, 4) is 5.88 Å². The van der Waals surface area contributed by atoms with Crippen molar-refractivity contribution in [1.29, 1.82) is 0 Å². The van der Waals surface area contributed by atoms with E-state index in [-0.39, 0.29) is 18.1 Å². The summed E-state index contributed by atoms with van der Waals surface area (Å²) >= 11 is 0. The first-order valence-electron chi connectivity index (χ1n) is 8.23. The highest BCUT2D eigenvalue weighted by molar-refractivity contribution is 6.04. The number of pyridine rings is 2. The van der Waals surface area contributed by atoms with Crippen LogP contribution in [0.5, 0.6) is 5.88 Å². The maximum Gasteiger partial charge on any atom is 0.257 e. The molecule has 0 aromatic carbocycles. The molecule has 0 bridgehead atoms. The lowest BCUT2D eigenvalue weighted by Gasteiger charge is -2.36. The van der Waals surface area contributed by atoms with Crippen LogP contribution < -0.4 is 15.0 Å². The zero-order chi connectivity index (χ0) is 17.8. The Hall–Kier alpha value is -2.67. The Bertz CT molecular complexity index is 708. The first kappa shape index (κ1) is 17.2. The molecule has 7 heteroatoms. The minimum atomic E-state index is -0.238. The first-order chi connectivity index (χ1) is 12.0. The summed E-state index contributed by atoms with van der Waals surface area (Å²) in [5, 5.41) is 2.82. The minimum absolute atomic E-state index is 0.174. The second-order valence-corrected chi connectivity index (χ2v) is 6.11. The van der Waals surface area contributed by atoms with E-state index in [0.717, 1.165) is 18.9 Å². The Balaban J connectivity index is 1.64. The summed E-state index contributed by atoms with van der Waals surface area (Å²) in [6, 6.07) is 7.07. The molecule has 1 amide bonds. The fourth-order valence-corrected chi connectivity index (χ4v) is 2.85. The smallest absolute Gasteiger partial charge is 0.257 e. The molecule has 1 aliphatic rings. The molecule has 1 N–H and O–H groups in total. The molecule has 0 radical (unpaired) electrons. The van der Waals surface area contributed by atoms with Crippen LogP contribution >= 0.6 is 0 Å². The monoisotopic (exact) mass is 342 g/mol. The summed E-state index contributed by atoms with van der Waals surface area (Å²) in [4.78, 5) is 22.9. The number of nitrogens with one attached hydrogen (secondary N) is 1. The van der Waals surface area contributed by atoms with Crippen LogP contribution in [0.4, 0.5) is 11.5 Å². The first-order valence-corrected chi connectivity index (χ1v) is 8.23. The van der Waals surface area contributed by atoms with Crippen molar-refractivity contribution in [1.82, 2.24) is 9.97 Å². The van der Waals surface area contributed by atoms with Crippen LogP contribution in [0, 0.1) is 0 Å². The van der Waals surface area contributed by atoms with Crippen molar-refractivity contribution >= 4 is 17.4 Å². The number of ether oxygens (including phenoxy) is 2. The van der Waals surface area contributed by atoms with Crippen LogP contribution in [0.2, 0.25) is 0 Å². The summed E-state index contributed by atoms with van der Waals surface area (Å²) < 4.78 is 10.7. The number of amides is 1. The van der Waals surface area contributed by atoms with Crippen LogP contribution in [-0.4, -0.2) is 48.3 Å². The lowest BCUT2D eigenvalue weighted by Crippen LogP contribution is -2.45. The highest BCUT2D eigenvalue weighted by Crippen LogP contribution is 2.20. The summed E-state index contributed by atoms with van der Waals surface area (Å²) in [5.74, 6) is 1.11. The van der Waals surface area contributed by atoms with Gasteiger partial charge in [-0.25, -0.2) is 9.97 Å². The fraction of sp³-hybridized carbons (Fsp3) is 0.389. The van der Waals surface area contributed by atoms with Crippen LogP contribution in [0.15, 0.2) is 36.7 Å². The van der Waals surface area contributed by atoms with Gasteiger partial charge >= 0.3 is 0 Å². The molecular formula is C18H22N4O3. The van der Waals surface area contributed by atoms with E-state index in [1.54, 1.807) is 18.3 Å². The van der Waals surface area contributed by atoms with Gasteiger partial charge in [0.1, 0.15) is 5.82 Å². The van der Waals surface area contributed by atoms with E-state index in [9.17, 15) is 4.79 Å². The molecule has 132 valence electrons. The highest BCUT2D eigenvalue weighted by atomic mass is 16.5. The summed E-state index contributed by atoms with van der Waals surface area (Å²) in [7, 11) is 1.53. The Morgan fingerprint density at radius 2 is 1.92 bits per heavy atom. The normalized spacial score (nSPS) is 20.2. The van der Waals surface area contributed by atoms with Gasteiger partial charge in [-0.1, -0.05) is 0 Å². The number of anilines is 2. The van der Waals surface area contributed by atoms with Crippen LogP contribution in [-0.2, 0) is 4.74 Å². The predicted octanol–water partition coefficient (Wildman–Crippen LogP) is 2.35. The molecule has 25 heavy (non-hydrogen) atoms. The number of methoxy groups -OCH3 is 1. The summed E-state index contributed by atoms with van der Waals surface area (Å²) in [5.41, 5.74) is 1.10. The van der Waals surface area contributed by atoms with Gasteiger partial charge in [-0.05, 0) is 32.0 Å². The maximum atomic E-state index is 12.2. The number of aromatic nitrogens is 2. The van der Waals surface area contributed by atoms with E-state index in [1.165, 1.54) is 13.3 Å². The zero-order valence-electron chi connectivity index (χ0n) is 14.6. The van der Waals surface area contributed by atoms with Gasteiger partial charge in [-0.2, -0.15) is 0 Å². The van der Waals surface area contributed by atoms with E-state index < -0.39 is 0 Å². The molecule has 1 saturated heterocycles. The van der Waals surface area contributed by atoms with E-state index >= 15 is 0 Å². The number of hydrogen-bond donors (Lipinski definition) is 1. The number of morpholine rings is 1. The van der Waals surface area contributed by atoms with Gasteiger partial charge in [-0.15, -0.1) is 0 Å². The van der Waals surface area contributed by atoms with Gasteiger partial charge < -0.3 is 19.7 Å². The van der Waals surface area contributed by atoms with E-state index in [4.69, 9.17) is 9.47 Å². The highest BCUT2D eigenvalue weighted by Gasteiger charge is 2.23. The van der Waals surface area contributed by atoms with Crippen molar-refractivity contribution in [2.45, 2.75) is 26.1 Å². The standard InChI is InChI=1S/C18H22N4O3/c1-12-10-22(11-13(2)25-12)16-6-5-15(9-19-16)21-18(23)14-4-7-17(24-3)20-8-14/h4-9,12-13H,10-11H2,1-3H3,(H,21,23). The van der Waals surface area contributed by atoms with E-state index in [1.807, 2.05) is 12.1 Å². The third-order valence-electron chi connectivity index (χ3n) is 3.96. The molecule has 0 aliphatic carbocycles. The number of carbonyl (C=O) groups is 1. The topological polar surface area (TPSA) is 76.6 Å². The molecule has 0 spiro atoms. The molecule has 0 saturated carbocycles. The van der Waals surface area contributed by atoms with Gasteiger partial charge in [-0.3, -0.25) is 4.79 Å². The molecular weight excluding hydrogens is 320 g/mol. The van der Waals surface area contributed by atoms with Gasteiger partial charge in [0.2, 0.25) is 5.88 Å². The molecule has 3 heterocycles. The van der Waals surface area contributed by atoms with Crippen molar-refractivity contribution in [3.63, 3.8) is 0 Å². The third kappa shape index (κ3) is 4.24. The molecule has 2 atom stereocenters. The van der Waals surface area contributed by atoms with E-state index in [0.29, 0.717) is 17.1 Å². The Morgan fingerprint density at radius 3 is 2.48 bits per heavy atom. The zero-order valence-corrected chi connectivity index (χ0v) is 14.6. The molecule has 2 unspecified atom stereocenters. The van der Waals surface area contributed by atoms with Crippen molar-refractivity contribution in [2.75, 3.05) is 30.4 Å². The molecule has 2 aromatic heterocycles. The molecule has 1 fully saturated rings. The fourth-order valence-electron chi connectivity index (χ4n) is 2.85. The van der Waals surface area contributed by atoms with Crippen molar-refractivity contribution in [3.05, 3.63) is 42.2 Å². The summed E-state index contributed by atoms with van der Waals surface area (Å²) in [6.45, 7) is 5.72. The van der Waals surface area contributed by atoms with Crippen LogP contribution in [0.3, 0.4) is 0 Å². The van der Waals surface area contributed by atoms with Gasteiger partial charge in [0.25, 0.3) is 5.91 Å². The Labute approximate surface area is 147 Å². The third-order valence-corrected chi connectivity index (χ3v) is 3.96. The largest absolute Gasteiger partial charge is 0.481 e. The second kappa shape index (κ2) is 7.48. The summed E-state index contributed by atoms with van der Waals surface area (Å²) in [6.07, 6.45) is 3.49. The second-order valence-electron chi connectivity index (χ2n) is 6.11. The quantitative estimate of drug-likeness (QED) is 0.919. The number of hydrogen-bond acceptors (Lipinski definition) is 6. The molecule has 3 rings (SSSR count). The Kier molecular flexibility index (Phi) is 5.14. The van der Waals surface area contributed by atoms with Gasteiger partial charge in [0.15, 0.2) is 0 Å². The lowest BCUT2D eigenvalue weighted by atomic mass is 10.2. The van der Waals surface area contributed by atoms with Gasteiger partial charge in [0.05, 0.1) is 36.8 Å². The number of nitrogens with zero attached hydrogens (tertiary/aromatic N) is 3. The maximum absolute atomic E-state index is 12.2. The number of rotatable bonds is 4. The van der Waals surface area contributed by atoms with Gasteiger partial charge in [0, 0.05) is 25.4 Å².